The quantitative estimate of drug-likeness (QED) is 0.614. The van der Waals surface area contributed by atoms with Crippen LogP contribution in [0.5, 0.6) is 0 Å². The molecule has 1 rings (SSSR count). The van der Waals surface area contributed by atoms with E-state index in [-0.39, 0.29) is 5.82 Å². The van der Waals surface area contributed by atoms with Crippen LogP contribution in [-0.2, 0) is 6.54 Å². The summed E-state index contributed by atoms with van der Waals surface area (Å²) in [5.74, 6) is 0.250. The molecule has 0 bridgehead atoms. The summed E-state index contributed by atoms with van der Waals surface area (Å²) in [6, 6.07) is 0. The first kappa shape index (κ1) is 7.25. The molecule has 0 spiro atoms. The molecule has 0 N–H and O–H groups in total. The van der Waals surface area contributed by atoms with Crippen molar-refractivity contribution in [2.45, 2.75) is 20.4 Å². The van der Waals surface area contributed by atoms with E-state index in [9.17, 15) is 4.39 Å². The Labute approximate surface area is 59.7 Å². The minimum atomic E-state index is -0.263. The Balaban J connectivity index is 2.58. The largest absolute Gasteiger partial charge is 0.269 e. The molecular weight excluding hydrogens is 131 g/mol. The number of aromatic nitrogens is 2. The van der Waals surface area contributed by atoms with Gasteiger partial charge in [-0.3, -0.25) is 4.68 Å². The lowest BCUT2D eigenvalue weighted by Gasteiger charge is -2.02. The van der Waals surface area contributed by atoms with Gasteiger partial charge in [0.25, 0.3) is 0 Å². The van der Waals surface area contributed by atoms with E-state index in [1.807, 2.05) is 0 Å². The Morgan fingerprint density at radius 3 is 2.80 bits per heavy atom. The van der Waals surface area contributed by atoms with Gasteiger partial charge in [-0.1, -0.05) is 13.8 Å². The molecule has 1 aromatic rings. The number of nitrogens with zero attached hydrogens (tertiary/aromatic N) is 2. The zero-order valence-corrected chi connectivity index (χ0v) is 6.21. The van der Waals surface area contributed by atoms with Crippen LogP contribution in [0.3, 0.4) is 0 Å². The second-order valence-electron chi connectivity index (χ2n) is 2.77. The van der Waals surface area contributed by atoms with Gasteiger partial charge >= 0.3 is 0 Å². The number of rotatable bonds is 2. The number of hydrogen-bond acceptors (Lipinski definition) is 1. The van der Waals surface area contributed by atoms with Gasteiger partial charge in [0, 0.05) is 6.54 Å². The van der Waals surface area contributed by atoms with Gasteiger partial charge < -0.3 is 0 Å². The lowest BCUT2D eigenvalue weighted by Crippen LogP contribution is -2.03. The summed E-state index contributed by atoms with van der Waals surface area (Å²) in [6.45, 7) is 4.92. The van der Waals surface area contributed by atoms with E-state index in [4.69, 9.17) is 0 Å². The van der Waals surface area contributed by atoms with Crippen LogP contribution in [0.2, 0.25) is 0 Å². The summed E-state index contributed by atoms with van der Waals surface area (Å²) in [7, 11) is 0. The van der Waals surface area contributed by atoms with Crippen molar-refractivity contribution in [3.8, 4) is 0 Å². The maximum atomic E-state index is 12.3. The minimum absolute atomic E-state index is 0.263. The van der Waals surface area contributed by atoms with Gasteiger partial charge in [-0.15, -0.1) is 0 Å². The van der Waals surface area contributed by atoms with E-state index in [1.165, 1.54) is 12.4 Å². The predicted molar refractivity (Wildman–Crippen MR) is 37.0 cm³/mol. The fourth-order valence-electron chi connectivity index (χ4n) is 0.812. The van der Waals surface area contributed by atoms with E-state index in [0.29, 0.717) is 5.92 Å². The molecule has 1 aromatic heterocycles. The van der Waals surface area contributed by atoms with Crippen LogP contribution in [0.25, 0.3) is 0 Å². The van der Waals surface area contributed by atoms with Crippen molar-refractivity contribution in [1.82, 2.24) is 9.78 Å². The SMILES string of the molecule is CC(C)Cn1cc(F)cn1. The van der Waals surface area contributed by atoms with Crippen molar-refractivity contribution < 1.29 is 4.39 Å². The molecular formula is C7H11FN2. The topological polar surface area (TPSA) is 17.8 Å². The van der Waals surface area contributed by atoms with Crippen LogP contribution in [0.1, 0.15) is 13.8 Å². The minimum Gasteiger partial charge on any atom is -0.269 e. The molecule has 3 heteroatoms. The monoisotopic (exact) mass is 142 g/mol. The fraction of sp³-hybridized carbons (Fsp3) is 0.571. The Morgan fingerprint density at radius 1 is 1.70 bits per heavy atom. The molecule has 0 atom stereocenters. The van der Waals surface area contributed by atoms with Crippen LogP contribution in [-0.4, -0.2) is 9.78 Å². The molecule has 0 unspecified atom stereocenters. The molecule has 0 saturated carbocycles. The third kappa shape index (κ3) is 1.83. The van der Waals surface area contributed by atoms with Gasteiger partial charge in [-0.2, -0.15) is 5.10 Å². The van der Waals surface area contributed by atoms with E-state index in [0.717, 1.165) is 6.54 Å². The van der Waals surface area contributed by atoms with E-state index < -0.39 is 0 Å². The molecule has 10 heavy (non-hydrogen) atoms. The standard InChI is InChI=1S/C7H11FN2/c1-6(2)4-10-5-7(8)3-9-10/h3,5-6H,4H2,1-2H3. The van der Waals surface area contributed by atoms with Gasteiger partial charge in [0.2, 0.25) is 0 Å². The highest BCUT2D eigenvalue weighted by Crippen LogP contribution is 1.99. The molecule has 0 aromatic carbocycles. The molecule has 0 aliphatic heterocycles. The van der Waals surface area contributed by atoms with E-state index in [1.54, 1.807) is 4.68 Å². The Kier molecular flexibility index (Phi) is 2.04. The maximum Gasteiger partial charge on any atom is 0.161 e. The third-order valence-corrected chi connectivity index (χ3v) is 1.15. The summed E-state index contributed by atoms with van der Waals surface area (Å²) in [4.78, 5) is 0. The third-order valence-electron chi connectivity index (χ3n) is 1.15. The average molecular weight is 142 g/mol. The van der Waals surface area contributed by atoms with Crippen LogP contribution in [0, 0.1) is 11.7 Å². The van der Waals surface area contributed by atoms with Gasteiger partial charge in [-0.25, -0.2) is 4.39 Å². The first-order valence-corrected chi connectivity index (χ1v) is 3.36. The van der Waals surface area contributed by atoms with Crippen LogP contribution >= 0.6 is 0 Å². The molecule has 0 saturated heterocycles. The molecule has 0 aliphatic rings. The molecule has 0 aliphatic carbocycles. The Morgan fingerprint density at radius 2 is 2.40 bits per heavy atom. The molecule has 0 radical (unpaired) electrons. The molecule has 0 amide bonds. The van der Waals surface area contributed by atoms with E-state index >= 15 is 0 Å². The van der Waals surface area contributed by atoms with Gasteiger partial charge in [0.1, 0.15) is 0 Å². The highest BCUT2D eigenvalue weighted by molar-refractivity contribution is 4.83. The van der Waals surface area contributed by atoms with Crippen LogP contribution < -0.4 is 0 Å². The lowest BCUT2D eigenvalue weighted by molar-refractivity contribution is 0.480. The highest BCUT2D eigenvalue weighted by Gasteiger charge is 1.98. The highest BCUT2D eigenvalue weighted by atomic mass is 19.1. The summed E-state index contributed by atoms with van der Waals surface area (Å²) in [5.41, 5.74) is 0. The van der Waals surface area contributed by atoms with Crippen molar-refractivity contribution in [2.24, 2.45) is 5.92 Å². The fourth-order valence-corrected chi connectivity index (χ4v) is 0.812. The summed E-state index contributed by atoms with van der Waals surface area (Å²) in [5, 5.41) is 3.80. The molecule has 56 valence electrons. The Hall–Kier alpha value is -0.860. The molecule has 1 heterocycles. The van der Waals surface area contributed by atoms with Gasteiger partial charge in [0.05, 0.1) is 12.4 Å². The van der Waals surface area contributed by atoms with Crippen molar-refractivity contribution >= 4 is 0 Å². The molecule has 2 nitrogen and oxygen atoms in total. The Bertz CT molecular complexity index is 205. The van der Waals surface area contributed by atoms with Gasteiger partial charge in [0.15, 0.2) is 5.82 Å². The zero-order valence-electron chi connectivity index (χ0n) is 6.21. The summed E-state index contributed by atoms with van der Waals surface area (Å²) >= 11 is 0. The first-order valence-electron chi connectivity index (χ1n) is 3.36. The van der Waals surface area contributed by atoms with Crippen molar-refractivity contribution in [2.75, 3.05) is 0 Å². The average Bonchev–Trinajstić information content (AvgIpc) is 2.13. The van der Waals surface area contributed by atoms with Crippen LogP contribution in [0.4, 0.5) is 4.39 Å². The zero-order chi connectivity index (χ0) is 7.56. The first-order chi connectivity index (χ1) is 4.68. The number of hydrogen-bond donors (Lipinski definition) is 0. The lowest BCUT2D eigenvalue weighted by atomic mass is 10.2. The van der Waals surface area contributed by atoms with Crippen molar-refractivity contribution in [3.05, 3.63) is 18.2 Å². The maximum absolute atomic E-state index is 12.3. The van der Waals surface area contributed by atoms with Gasteiger partial charge in [-0.05, 0) is 5.92 Å². The van der Waals surface area contributed by atoms with Crippen LogP contribution in [0.15, 0.2) is 12.4 Å². The molecule has 0 fully saturated rings. The normalized spacial score (nSPS) is 10.8. The second kappa shape index (κ2) is 2.82. The smallest absolute Gasteiger partial charge is 0.161 e. The second-order valence-corrected chi connectivity index (χ2v) is 2.77. The van der Waals surface area contributed by atoms with Crippen molar-refractivity contribution in [1.29, 1.82) is 0 Å². The van der Waals surface area contributed by atoms with E-state index in [2.05, 4.69) is 18.9 Å². The summed E-state index contributed by atoms with van der Waals surface area (Å²) < 4.78 is 13.9. The van der Waals surface area contributed by atoms with Crippen molar-refractivity contribution in [3.63, 3.8) is 0 Å². The predicted octanol–water partition coefficient (Wildman–Crippen LogP) is 1.68. The number of halogens is 1. The summed E-state index contributed by atoms with van der Waals surface area (Å²) in [6.07, 6.45) is 2.63.